The minimum atomic E-state index is -0.743. The van der Waals surface area contributed by atoms with Gasteiger partial charge in [0.1, 0.15) is 0 Å². The van der Waals surface area contributed by atoms with E-state index in [1.165, 1.54) is 0 Å². The van der Waals surface area contributed by atoms with Gasteiger partial charge in [0.05, 0.1) is 0 Å². The number of halogens is 2. The van der Waals surface area contributed by atoms with Crippen LogP contribution in [0.25, 0.3) is 0 Å². The Kier molecular flexibility index (Phi) is 28.3. The van der Waals surface area contributed by atoms with Crippen molar-refractivity contribution in [3.8, 4) is 0 Å². The van der Waals surface area contributed by atoms with E-state index in [4.69, 9.17) is 19.3 Å². The zero-order valence-electron chi connectivity index (χ0n) is 3.78. The number of rotatable bonds is 0. The van der Waals surface area contributed by atoms with Gasteiger partial charge in [-0.1, -0.05) is 0 Å². The normalized spacial score (nSPS) is 5.33. The Balaban J connectivity index is 0. The van der Waals surface area contributed by atoms with Crippen LogP contribution >= 0.6 is 19.3 Å². The molecule has 0 aromatic rings. The fourth-order valence-corrected chi connectivity index (χ4v) is 0. The first-order valence-electron chi connectivity index (χ1n) is 1.33. The molecule has 0 amide bonds. The van der Waals surface area contributed by atoms with Crippen molar-refractivity contribution >= 4 is 50.4 Å². The van der Waals surface area contributed by atoms with Crippen LogP contribution in [0.2, 0.25) is 11.4 Å². The van der Waals surface area contributed by atoms with Crippen molar-refractivity contribution in [1.82, 2.24) is 0 Å². The Morgan fingerprint density at radius 1 is 1.33 bits per heavy atom. The maximum absolute atomic E-state index is 4.92. The summed E-state index contributed by atoms with van der Waals surface area (Å²) in [5.41, 5.74) is 4.44. The second kappa shape index (κ2) is 15.9. The molecular weight excluding hydrogens is 240 g/mol. The number of hydrogen-bond acceptors (Lipinski definition) is 0. The Hall–Kier alpha value is 1.77. The van der Waals surface area contributed by atoms with Crippen molar-refractivity contribution in [2.45, 2.75) is 11.4 Å². The molecule has 4 heteroatoms. The van der Waals surface area contributed by atoms with E-state index in [1.807, 2.05) is 0 Å². The van der Waals surface area contributed by atoms with Crippen LogP contribution in [0.15, 0.2) is 0 Å². The van der Waals surface area contributed by atoms with Gasteiger partial charge in [-0.05, 0) is 0 Å². The van der Waals surface area contributed by atoms with Crippen LogP contribution in [0.3, 0.4) is 0 Å². The Labute approximate surface area is 61.5 Å². The van der Waals surface area contributed by atoms with Crippen LogP contribution < -0.4 is 0 Å². The predicted octanol–water partition coefficient (Wildman–Crippen LogP) is 1.78. The van der Waals surface area contributed by atoms with Crippen molar-refractivity contribution in [3.05, 3.63) is 0 Å². The van der Waals surface area contributed by atoms with E-state index in [1.54, 1.807) is 0 Å². The van der Waals surface area contributed by atoms with Crippen LogP contribution in [0.1, 0.15) is 0 Å². The van der Waals surface area contributed by atoms with Crippen molar-refractivity contribution in [1.29, 1.82) is 0 Å². The van der Waals surface area contributed by atoms with Crippen LogP contribution in [-0.4, -0.2) is 31.2 Å². The van der Waals surface area contributed by atoms with Crippen molar-refractivity contribution < 1.29 is 0 Å². The van der Waals surface area contributed by atoms with Crippen LogP contribution in [0.4, 0.5) is 0 Å². The average Bonchev–Trinajstić information content (AvgIpc) is 1.39. The van der Waals surface area contributed by atoms with Gasteiger partial charge in [-0.2, -0.15) is 0 Å². The first kappa shape index (κ1) is 10.7. The second-order valence-corrected chi connectivity index (χ2v) is 6.18. The Morgan fingerprint density at radius 2 is 1.33 bits per heavy atom. The third-order valence-corrected chi connectivity index (χ3v) is 0. The Bertz CT molecular complexity index is 13.5. The number of hydrogen-bond donors (Lipinski definition) is 0. The molecule has 2 radical (unpaired) electrons. The van der Waals surface area contributed by atoms with E-state index in [0.717, 1.165) is 0 Å². The molecule has 0 bridgehead atoms. The molecule has 0 aliphatic rings. The molecule has 0 nitrogen and oxygen atoms in total. The SMILES string of the molecule is C[As]C.[Cl][Ga][Cl]. The molecule has 0 spiro atoms. The van der Waals surface area contributed by atoms with Gasteiger partial charge in [-0.15, -0.1) is 0 Å². The molecule has 0 fully saturated rings. The molecule has 0 atom stereocenters. The van der Waals surface area contributed by atoms with Gasteiger partial charge < -0.3 is 0 Å². The Morgan fingerprint density at radius 3 is 1.33 bits per heavy atom. The predicted molar refractivity (Wildman–Crippen MR) is 34.9 cm³/mol. The third kappa shape index (κ3) is 41.8. The van der Waals surface area contributed by atoms with Gasteiger partial charge in [0.15, 0.2) is 0 Å². The van der Waals surface area contributed by atoms with E-state index in [0.29, 0.717) is 15.8 Å². The topological polar surface area (TPSA) is 0 Å². The van der Waals surface area contributed by atoms with Gasteiger partial charge >= 0.3 is 61.9 Å². The molecule has 0 aliphatic heterocycles. The molecule has 0 saturated heterocycles. The second-order valence-electron chi connectivity index (χ2n) is 0.530. The first-order valence-corrected chi connectivity index (χ1v) is 11.5. The molecule has 0 unspecified atom stereocenters. The van der Waals surface area contributed by atoms with E-state index in [9.17, 15) is 0 Å². The molecule has 0 rings (SSSR count). The van der Waals surface area contributed by atoms with Gasteiger partial charge in [0.2, 0.25) is 0 Å². The van der Waals surface area contributed by atoms with Crippen molar-refractivity contribution in [2.24, 2.45) is 0 Å². The molecule has 36 valence electrons. The van der Waals surface area contributed by atoms with Gasteiger partial charge in [-0.3, -0.25) is 0 Å². The maximum atomic E-state index is 4.92. The quantitative estimate of drug-likeness (QED) is 0.571. The standard InChI is InChI=1S/C2H6As.2ClH.Ga/c1-3-2;;;/h1-2H3;2*1H;/q;;;+2/p-2. The summed E-state index contributed by atoms with van der Waals surface area (Å²) in [5, 5.41) is 0. The molecule has 0 heterocycles. The van der Waals surface area contributed by atoms with Crippen molar-refractivity contribution in [2.75, 3.05) is 0 Å². The van der Waals surface area contributed by atoms with Crippen molar-refractivity contribution in [3.63, 3.8) is 0 Å². The summed E-state index contributed by atoms with van der Waals surface area (Å²) in [6, 6.07) is 0. The van der Waals surface area contributed by atoms with Gasteiger partial charge in [0, 0.05) is 0 Å². The van der Waals surface area contributed by atoms with E-state index < -0.39 is 15.4 Å². The van der Waals surface area contributed by atoms with Crippen LogP contribution in [0, 0.1) is 0 Å². The summed E-state index contributed by atoms with van der Waals surface area (Å²) in [7, 11) is 9.84. The summed E-state index contributed by atoms with van der Waals surface area (Å²) in [6.45, 7) is 0. The molecule has 0 saturated carbocycles. The monoisotopic (exact) mass is 244 g/mol. The zero-order chi connectivity index (χ0) is 5.41. The average molecular weight is 246 g/mol. The minimum absolute atomic E-state index is 0.688. The first-order chi connectivity index (χ1) is 2.83. The molecule has 0 aromatic heterocycles. The molecule has 0 N–H and O–H groups in total. The van der Waals surface area contributed by atoms with E-state index in [-0.39, 0.29) is 0 Å². The zero-order valence-corrected chi connectivity index (χ0v) is 9.59. The third-order valence-electron chi connectivity index (χ3n) is 0. The van der Waals surface area contributed by atoms with Gasteiger partial charge in [0.25, 0.3) is 0 Å². The fourth-order valence-electron chi connectivity index (χ4n) is 0. The van der Waals surface area contributed by atoms with E-state index in [2.05, 4.69) is 11.4 Å². The fraction of sp³-hybridized carbons (Fsp3) is 1.00. The summed E-state index contributed by atoms with van der Waals surface area (Å²) in [5.74, 6) is 0. The molecular formula is C2H6AsCl2Ga. The summed E-state index contributed by atoms with van der Waals surface area (Å²) < 4.78 is 0. The van der Waals surface area contributed by atoms with Crippen LogP contribution in [-0.2, 0) is 0 Å². The van der Waals surface area contributed by atoms with Gasteiger partial charge in [-0.25, -0.2) is 0 Å². The summed E-state index contributed by atoms with van der Waals surface area (Å²) in [6.07, 6.45) is 0. The molecule has 0 aromatic carbocycles. The van der Waals surface area contributed by atoms with Crippen LogP contribution in [0.5, 0.6) is 0 Å². The molecule has 6 heavy (non-hydrogen) atoms. The summed E-state index contributed by atoms with van der Waals surface area (Å²) in [4.78, 5) is 0. The van der Waals surface area contributed by atoms with E-state index >= 15 is 0 Å². The molecule has 0 aliphatic carbocycles. The summed E-state index contributed by atoms with van der Waals surface area (Å²) >= 11 is -0.0556.